The first-order valence-corrected chi connectivity index (χ1v) is 7.79. The fraction of sp³-hybridized carbons (Fsp3) is 0.231. The Morgan fingerprint density at radius 3 is 2.64 bits per heavy atom. The minimum absolute atomic E-state index is 0.00942. The minimum atomic E-state index is -0.278. The van der Waals surface area contributed by atoms with Crippen LogP contribution in [0.2, 0.25) is 5.02 Å². The number of carbonyl (C=O) groups is 1. The highest BCUT2D eigenvalue weighted by Crippen LogP contribution is 2.32. The molecule has 1 atom stereocenters. The van der Waals surface area contributed by atoms with Gasteiger partial charge in [-0.25, -0.2) is 0 Å². The number of carbonyl (C=O) groups excluding carboxylic acids is 1. The summed E-state index contributed by atoms with van der Waals surface area (Å²) in [6.07, 6.45) is 0.682. The maximum atomic E-state index is 12.5. The molecule has 2 aromatic rings. The van der Waals surface area contributed by atoms with Crippen LogP contribution in [-0.2, 0) is 4.79 Å². The average Bonchev–Trinajstić information content (AvgIpc) is 2.79. The first-order valence-electron chi connectivity index (χ1n) is 6.53. The van der Waals surface area contributed by atoms with E-state index in [0.29, 0.717) is 23.1 Å². The number of anilines is 3. The summed E-state index contributed by atoms with van der Waals surface area (Å²) in [4.78, 5) is 25.9. The Morgan fingerprint density at radius 1 is 1.23 bits per heavy atom. The van der Waals surface area contributed by atoms with Gasteiger partial charge in [0.25, 0.3) is 0 Å². The Hall–Kier alpha value is -2.06. The lowest BCUT2D eigenvalue weighted by Gasteiger charge is -2.16. The van der Waals surface area contributed by atoms with Crippen LogP contribution in [0.3, 0.4) is 0 Å². The second kappa shape index (κ2) is 5.98. The van der Waals surface area contributed by atoms with Gasteiger partial charge >= 0.3 is 0 Å². The summed E-state index contributed by atoms with van der Waals surface area (Å²) in [5.41, 5.74) is 11.9. The fourth-order valence-electron chi connectivity index (χ4n) is 2.23. The summed E-state index contributed by atoms with van der Waals surface area (Å²) in [5.74, 6) is 0.0871. The van der Waals surface area contributed by atoms with Gasteiger partial charge in [0, 0.05) is 17.3 Å². The highest BCUT2D eigenvalue weighted by Gasteiger charge is 2.34. The number of halogens is 1. The number of thioether (sulfide) groups is 1. The zero-order valence-corrected chi connectivity index (χ0v) is 13.0. The Labute approximate surface area is 136 Å². The van der Waals surface area contributed by atoms with E-state index in [4.69, 9.17) is 23.1 Å². The van der Waals surface area contributed by atoms with Crippen LogP contribution in [-0.4, -0.2) is 32.7 Å². The number of amides is 1. The van der Waals surface area contributed by atoms with Gasteiger partial charge in [-0.2, -0.15) is 15.0 Å². The van der Waals surface area contributed by atoms with Crippen molar-refractivity contribution in [3.05, 3.63) is 29.3 Å². The topological polar surface area (TPSA) is 111 Å². The Kier molecular flexibility index (Phi) is 4.04. The molecule has 1 aromatic carbocycles. The van der Waals surface area contributed by atoms with Crippen molar-refractivity contribution < 1.29 is 4.79 Å². The minimum Gasteiger partial charge on any atom is -0.368 e. The molecule has 7 nitrogen and oxygen atoms in total. The zero-order valence-electron chi connectivity index (χ0n) is 11.4. The van der Waals surface area contributed by atoms with Crippen LogP contribution in [0, 0.1) is 0 Å². The highest BCUT2D eigenvalue weighted by atomic mass is 35.5. The van der Waals surface area contributed by atoms with Crippen LogP contribution in [0.15, 0.2) is 29.4 Å². The third-order valence-electron chi connectivity index (χ3n) is 3.17. The van der Waals surface area contributed by atoms with Gasteiger partial charge in [0.05, 0.1) is 5.25 Å². The smallest absolute Gasteiger partial charge is 0.240 e. The van der Waals surface area contributed by atoms with E-state index in [-0.39, 0.29) is 23.1 Å². The molecule has 114 valence electrons. The van der Waals surface area contributed by atoms with Crippen molar-refractivity contribution in [2.24, 2.45) is 0 Å². The molecule has 1 aliphatic rings. The summed E-state index contributed by atoms with van der Waals surface area (Å²) in [7, 11) is 0. The molecule has 1 amide bonds. The van der Waals surface area contributed by atoms with Gasteiger partial charge < -0.3 is 16.4 Å². The molecular formula is C13H13ClN6OS. The summed E-state index contributed by atoms with van der Waals surface area (Å²) < 4.78 is 0. The third kappa shape index (κ3) is 3.07. The molecule has 0 bridgehead atoms. The first kappa shape index (κ1) is 14.9. The second-order valence-electron chi connectivity index (χ2n) is 4.70. The van der Waals surface area contributed by atoms with Crippen molar-refractivity contribution in [3.8, 4) is 0 Å². The lowest BCUT2D eigenvalue weighted by molar-refractivity contribution is -0.116. The zero-order chi connectivity index (χ0) is 15.7. The molecule has 3 rings (SSSR count). The number of aromatic nitrogens is 3. The van der Waals surface area contributed by atoms with E-state index < -0.39 is 0 Å². The number of nitrogens with zero attached hydrogens (tertiary/aromatic N) is 4. The largest absolute Gasteiger partial charge is 0.368 e. The Balaban J connectivity index is 1.76. The fourth-order valence-corrected chi connectivity index (χ4v) is 3.41. The van der Waals surface area contributed by atoms with E-state index in [1.54, 1.807) is 17.0 Å². The summed E-state index contributed by atoms with van der Waals surface area (Å²) in [6.45, 7) is 0.618. The van der Waals surface area contributed by atoms with Crippen LogP contribution in [0.4, 0.5) is 17.6 Å². The van der Waals surface area contributed by atoms with Gasteiger partial charge in [-0.1, -0.05) is 29.4 Å². The number of hydrogen-bond acceptors (Lipinski definition) is 7. The number of nitrogen functional groups attached to an aromatic ring is 2. The Morgan fingerprint density at radius 2 is 1.95 bits per heavy atom. The van der Waals surface area contributed by atoms with Gasteiger partial charge in [-0.05, 0) is 24.6 Å². The molecule has 0 spiro atoms. The molecule has 22 heavy (non-hydrogen) atoms. The second-order valence-corrected chi connectivity index (χ2v) is 6.31. The van der Waals surface area contributed by atoms with Gasteiger partial charge in [0.2, 0.25) is 17.8 Å². The van der Waals surface area contributed by atoms with Crippen molar-refractivity contribution in [3.63, 3.8) is 0 Å². The lowest BCUT2D eigenvalue weighted by atomic mass is 10.3. The SMILES string of the molecule is Nc1nc(N)nc(SC2CCN(c3cccc(Cl)c3)C2=O)n1. The molecule has 1 saturated heterocycles. The van der Waals surface area contributed by atoms with Crippen LogP contribution >= 0.6 is 23.4 Å². The van der Waals surface area contributed by atoms with Crippen LogP contribution in [0.1, 0.15) is 6.42 Å². The molecular weight excluding hydrogens is 324 g/mol. The molecule has 0 saturated carbocycles. The maximum Gasteiger partial charge on any atom is 0.240 e. The van der Waals surface area contributed by atoms with Crippen molar-refractivity contribution in [1.29, 1.82) is 0 Å². The molecule has 0 radical (unpaired) electrons. The first-order chi connectivity index (χ1) is 10.5. The van der Waals surface area contributed by atoms with Crippen molar-refractivity contribution >= 4 is 46.9 Å². The molecule has 1 unspecified atom stereocenters. The summed E-state index contributed by atoms with van der Waals surface area (Å²) in [6, 6.07) is 7.22. The summed E-state index contributed by atoms with van der Waals surface area (Å²) in [5, 5.41) is 0.677. The van der Waals surface area contributed by atoms with E-state index in [2.05, 4.69) is 15.0 Å². The van der Waals surface area contributed by atoms with E-state index in [0.717, 1.165) is 5.69 Å². The summed E-state index contributed by atoms with van der Waals surface area (Å²) >= 11 is 7.22. The molecule has 1 fully saturated rings. The third-order valence-corrected chi connectivity index (χ3v) is 4.52. The predicted molar refractivity (Wildman–Crippen MR) is 86.7 cm³/mol. The van der Waals surface area contributed by atoms with Gasteiger partial charge in [0.15, 0.2) is 5.16 Å². The van der Waals surface area contributed by atoms with Crippen molar-refractivity contribution in [2.75, 3.05) is 22.9 Å². The molecule has 2 heterocycles. The molecule has 4 N–H and O–H groups in total. The van der Waals surface area contributed by atoms with Crippen molar-refractivity contribution in [1.82, 2.24) is 15.0 Å². The molecule has 9 heteroatoms. The lowest BCUT2D eigenvalue weighted by Crippen LogP contribution is -2.28. The quantitative estimate of drug-likeness (QED) is 0.875. The van der Waals surface area contributed by atoms with E-state index in [1.165, 1.54) is 11.8 Å². The van der Waals surface area contributed by atoms with Gasteiger partial charge in [0.1, 0.15) is 0 Å². The molecule has 1 aromatic heterocycles. The number of nitrogens with two attached hydrogens (primary N) is 2. The van der Waals surface area contributed by atoms with Crippen molar-refractivity contribution in [2.45, 2.75) is 16.8 Å². The van der Waals surface area contributed by atoms with E-state index in [1.807, 2.05) is 12.1 Å². The van der Waals surface area contributed by atoms with Crippen LogP contribution in [0.25, 0.3) is 0 Å². The monoisotopic (exact) mass is 336 g/mol. The van der Waals surface area contributed by atoms with E-state index >= 15 is 0 Å². The van der Waals surface area contributed by atoms with Gasteiger partial charge in [-0.15, -0.1) is 0 Å². The van der Waals surface area contributed by atoms with Crippen LogP contribution < -0.4 is 16.4 Å². The molecule has 1 aliphatic heterocycles. The predicted octanol–water partition coefficient (Wildman–Crippen LogP) is 1.59. The number of benzene rings is 1. The standard InChI is InChI=1S/C13H13ClN6OS/c14-7-2-1-3-8(6-7)20-5-4-9(10(20)21)22-13-18-11(15)17-12(16)19-13/h1-3,6,9H,4-5H2,(H4,15,16,17,18,19). The number of rotatable bonds is 3. The van der Waals surface area contributed by atoms with Crippen LogP contribution in [0.5, 0.6) is 0 Å². The highest BCUT2D eigenvalue weighted by molar-refractivity contribution is 8.00. The number of hydrogen-bond donors (Lipinski definition) is 2. The van der Waals surface area contributed by atoms with E-state index in [9.17, 15) is 4.79 Å². The van der Waals surface area contributed by atoms with Gasteiger partial charge in [-0.3, -0.25) is 4.79 Å². The Bertz CT molecular complexity index is 707. The average molecular weight is 337 g/mol. The normalized spacial score (nSPS) is 18.0. The maximum absolute atomic E-state index is 12.5. The molecule has 0 aliphatic carbocycles.